The van der Waals surface area contributed by atoms with Gasteiger partial charge in [0.25, 0.3) is 5.91 Å². The number of aromatic nitrogens is 3. The minimum atomic E-state index is -4.34. The Morgan fingerprint density at radius 1 is 1.02 bits per heavy atom. The molecule has 3 aliphatic rings. The summed E-state index contributed by atoms with van der Waals surface area (Å²) in [5, 5.41) is 7.81. The number of likely N-dealkylation sites (tertiary alicyclic amines) is 1. The largest absolute Gasteiger partial charge is 0.389 e. The molecule has 3 aromatic rings. The van der Waals surface area contributed by atoms with Crippen molar-refractivity contribution in [2.45, 2.75) is 76.6 Å². The summed E-state index contributed by atoms with van der Waals surface area (Å²) < 4.78 is 39.3. The monoisotopic (exact) mass is 623 g/mol. The Morgan fingerprint density at radius 2 is 1.76 bits per heavy atom. The van der Waals surface area contributed by atoms with Crippen LogP contribution in [0.1, 0.15) is 74.2 Å². The lowest BCUT2D eigenvalue weighted by atomic mass is 10.00. The normalized spacial score (nSPS) is 18.2. The first-order valence-corrected chi connectivity index (χ1v) is 16.0. The molecule has 1 N–H and O–H groups in total. The van der Waals surface area contributed by atoms with Crippen LogP contribution in [-0.2, 0) is 4.79 Å². The average molecular weight is 624 g/mol. The SMILES string of the molecule is CCCN1CCC(N(C(=O)c2ccc(Nc3nc4c(C5=CCN(C(=O)CCC(F)(F)F)CC5)cccn4n3)cc2)C2CC2)CC1. The van der Waals surface area contributed by atoms with Gasteiger partial charge in [-0.05, 0) is 87.0 Å². The highest BCUT2D eigenvalue weighted by Gasteiger charge is 2.39. The summed E-state index contributed by atoms with van der Waals surface area (Å²) in [4.78, 5) is 36.7. The van der Waals surface area contributed by atoms with Crippen molar-refractivity contribution in [2.24, 2.45) is 0 Å². The molecule has 2 aliphatic heterocycles. The lowest BCUT2D eigenvalue weighted by molar-refractivity contribution is -0.148. The molecule has 0 unspecified atom stereocenters. The van der Waals surface area contributed by atoms with Crippen LogP contribution < -0.4 is 5.32 Å². The van der Waals surface area contributed by atoms with Crippen molar-refractivity contribution >= 4 is 34.7 Å². The quantitative estimate of drug-likeness (QED) is 0.302. The van der Waals surface area contributed by atoms with E-state index < -0.39 is 24.9 Å². The molecular weight excluding hydrogens is 583 g/mol. The number of carbonyl (C=O) groups excluding carboxylic acids is 2. The summed E-state index contributed by atoms with van der Waals surface area (Å²) >= 11 is 0. The first kappa shape index (κ1) is 31.1. The number of hydrogen-bond acceptors (Lipinski definition) is 6. The predicted octanol–water partition coefficient (Wildman–Crippen LogP) is 5.91. The second-order valence-electron chi connectivity index (χ2n) is 12.3. The van der Waals surface area contributed by atoms with Crippen molar-refractivity contribution < 1.29 is 22.8 Å². The van der Waals surface area contributed by atoms with Gasteiger partial charge in [0, 0.05) is 67.7 Å². The van der Waals surface area contributed by atoms with E-state index in [9.17, 15) is 22.8 Å². The molecule has 9 nitrogen and oxygen atoms in total. The van der Waals surface area contributed by atoms with Crippen molar-refractivity contribution in [3.8, 4) is 0 Å². The van der Waals surface area contributed by atoms with Gasteiger partial charge < -0.3 is 20.0 Å². The number of carbonyl (C=O) groups is 2. The summed E-state index contributed by atoms with van der Waals surface area (Å²) in [6.07, 6.45) is 3.57. The van der Waals surface area contributed by atoms with Crippen LogP contribution in [0.5, 0.6) is 0 Å². The van der Waals surface area contributed by atoms with E-state index in [1.165, 1.54) is 4.90 Å². The van der Waals surface area contributed by atoms with Crippen molar-refractivity contribution in [3.05, 3.63) is 59.8 Å². The van der Waals surface area contributed by atoms with Gasteiger partial charge in [0.15, 0.2) is 5.65 Å². The lowest BCUT2D eigenvalue weighted by Gasteiger charge is -2.39. The summed E-state index contributed by atoms with van der Waals surface area (Å²) in [7, 11) is 0. The third-order valence-electron chi connectivity index (χ3n) is 8.95. The molecule has 45 heavy (non-hydrogen) atoms. The smallest absolute Gasteiger partial charge is 0.339 e. The van der Waals surface area contributed by atoms with Gasteiger partial charge in [-0.3, -0.25) is 9.59 Å². The molecule has 0 bridgehead atoms. The summed E-state index contributed by atoms with van der Waals surface area (Å²) in [5.74, 6) is 0.0192. The van der Waals surface area contributed by atoms with Crippen LogP contribution in [0.3, 0.4) is 0 Å². The molecule has 2 aromatic heterocycles. The number of halogens is 3. The minimum absolute atomic E-state index is 0.106. The topological polar surface area (TPSA) is 86.1 Å². The van der Waals surface area contributed by atoms with Crippen molar-refractivity contribution in [1.29, 1.82) is 0 Å². The molecule has 0 radical (unpaired) electrons. The fourth-order valence-corrected chi connectivity index (χ4v) is 6.45. The third kappa shape index (κ3) is 7.49. The molecule has 6 rings (SSSR count). The zero-order valence-electron chi connectivity index (χ0n) is 25.6. The van der Waals surface area contributed by atoms with E-state index in [-0.39, 0.29) is 12.5 Å². The Balaban J connectivity index is 1.10. The van der Waals surface area contributed by atoms with E-state index in [0.29, 0.717) is 42.2 Å². The number of nitrogens with one attached hydrogen (secondary N) is 1. The number of fused-ring (bicyclic) bond motifs is 1. The number of pyridine rings is 1. The van der Waals surface area contributed by atoms with Gasteiger partial charge in [-0.2, -0.15) is 18.2 Å². The maximum Gasteiger partial charge on any atom is 0.389 e. The van der Waals surface area contributed by atoms with Crippen molar-refractivity contribution in [3.63, 3.8) is 0 Å². The van der Waals surface area contributed by atoms with Gasteiger partial charge >= 0.3 is 6.18 Å². The summed E-state index contributed by atoms with van der Waals surface area (Å²) in [6.45, 7) is 6.03. The van der Waals surface area contributed by atoms with E-state index in [4.69, 9.17) is 4.98 Å². The fraction of sp³-hybridized carbons (Fsp3) is 0.515. The highest BCUT2D eigenvalue weighted by Crippen LogP contribution is 2.34. The highest BCUT2D eigenvalue weighted by molar-refractivity contribution is 5.95. The minimum Gasteiger partial charge on any atom is -0.339 e. The number of alkyl halides is 3. The second kappa shape index (κ2) is 13.2. The first-order chi connectivity index (χ1) is 21.7. The number of benzene rings is 1. The molecule has 0 atom stereocenters. The molecule has 1 saturated carbocycles. The third-order valence-corrected chi connectivity index (χ3v) is 8.95. The molecule has 0 spiro atoms. The number of nitrogens with zero attached hydrogens (tertiary/aromatic N) is 6. The molecule has 12 heteroatoms. The van der Waals surface area contributed by atoms with Crippen LogP contribution in [0.4, 0.5) is 24.8 Å². The van der Waals surface area contributed by atoms with Crippen LogP contribution in [0.25, 0.3) is 11.2 Å². The van der Waals surface area contributed by atoms with E-state index in [0.717, 1.165) is 68.6 Å². The van der Waals surface area contributed by atoms with Crippen LogP contribution in [0, 0.1) is 0 Å². The molecule has 1 aliphatic carbocycles. The Morgan fingerprint density at radius 3 is 2.40 bits per heavy atom. The summed E-state index contributed by atoms with van der Waals surface area (Å²) in [6, 6.07) is 11.9. The number of piperidine rings is 1. The maximum atomic E-state index is 13.6. The number of amides is 2. The van der Waals surface area contributed by atoms with Gasteiger partial charge in [0.05, 0.1) is 6.42 Å². The van der Waals surface area contributed by atoms with Gasteiger partial charge in [-0.25, -0.2) is 4.52 Å². The highest BCUT2D eigenvalue weighted by atomic mass is 19.4. The number of rotatable bonds is 10. The Labute approximate surface area is 261 Å². The zero-order chi connectivity index (χ0) is 31.6. The molecule has 1 saturated heterocycles. The van der Waals surface area contributed by atoms with Crippen molar-refractivity contribution in [1.82, 2.24) is 29.3 Å². The zero-order valence-corrected chi connectivity index (χ0v) is 25.6. The van der Waals surface area contributed by atoms with E-state index in [2.05, 4.69) is 27.1 Å². The van der Waals surface area contributed by atoms with Crippen LogP contribution in [0.2, 0.25) is 0 Å². The Bertz CT molecular complexity index is 1540. The molecule has 1 aromatic carbocycles. The van der Waals surface area contributed by atoms with E-state index >= 15 is 0 Å². The molecule has 2 amide bonds. The van der Waals surface area contributed by atoms with Gasteiger partial charge in [-0.15, -0.1) is 5.10 Å². The molecular formula is C33H40F3N7O2. The standard InChI is InChI=1S/C33H40F3N7O2/c1-2-17-40-19-14-27(15-20-40)43(26-9-10-26)31(45)24-5-7-25(8-6-24)37-32-38-30-28(4-3-18-42(30)39-32)23-12-21-41(22-13-23)29(44)11-16-33(34,35)36/h3-8,12,18,26-27H,2,9-11,13-17,19-22H2,1H3,(H,37,39). The molecule has 4 heterocycles. The maximum absolute atomic E-state index is 13.6. The fourth-order valence-electron chi connectivity index (χ4n) is 6.45. The van der Waals surface area contributed by atoms with Crippen molar-refractivity contribution in [2.75, 3.05) is 38.0 Å². The Kier molecular flexibility index (Phi) is 9.11. The van der Waals surface area contributed by atoms with E-state index in [1.54, 1.807) is 10.7 Å². The molecule has 240 valence electrons. The van der Waals surface area contributed by atoms with Crippen LogP contribution in [0.15, 0.2) is 48.7 Å². The van der Waals surface area contributed by atoms with Gasteiger partial charge in [0.1, 0.15) is 0 Å². The van der Waals surface area contributed by atoms with E-state index in [1.807, 2.05) is 42.5 Å². The lowest BCUT2D eigenvalue weighted by Crippen LogP contribution is -2.48. The second-order valence-corrected chi connectivity index (χ2v) is 12.3. The Hall–Kier alpha value is -3.93. The number of hydrogen-bond donors (Lipinski definition) is 1. The first-order valence-electron chi connectivity index (χ1n) is 16.0. The van der Waals surface area contributed by atoms with Crippen LogP contribution >= 0.6 is 0 Å². The number of anilines is 2. The summed E-state index contributed by atoms with van der Waals surface area (Å²) in [5.41, 5.74) is 3.92. The van der Waals surface area contributed by atoms with Gasteiger partial charge in [0.2, 0.25) is 11.9 Å². The molecule has 2 fully saturated rings. The van der Waals surface area contributed by atoms with Gasteiger partial charge in [-0.1, -0.05) is 13.0 Å². The average Bonchev–Trinajstić information content (AvgIpc) is 3.78. The van der Waals surface area contributed by atoms with Crippen LogP contribution in [-0.4, -0.2) is 92.1 Å². The predicted molar refractivity (Wildman–Crippen MR) is 166 cm³/mol.